The second-order valence-corrected chi connectivity index (χ2v) is 10.3. The molecule has 37 heavy (non-hydrogen) atoms. The van der Waals surface area contributed by atoms with Gasteiger partial charge in [-0.25, -0.2) is 9.59 Å². The van der Waals surface area contributed by atoms with Gasteiger partial charge in [0.15, 0.2) is 0 Å². The van der Waals surface area contributed by atoms with Crippen molar-refractivity contribution in [2.45, 2.75) is 50.8 Å². The lowest BCUT2D eigenvalue weighted by molar-refractivity contribution is -0.384. The SMILES string of the molecule is CCOC(=O)C1=C2CSC(CC(=O)N3CCCCC3)N2C(C)=C(C(=O)OC)C1c1cccc([N+](=O)[O-])c1. The predicted molar refractivity (Wildman–Crippen MR) is 137 cm³/mol. The lowest BCUT2D eigenvalue weighted by Crippen LogP contribution is -2.41. The van der Waals surface area contributed by atoms with Crippen LogP contribution >= 0.6 is 11.8 Å². The molecule has 1 aromatic carbocycles. The molecule has 2 saturated heterocycles. The molecule has 0 bridgehead atoms. The topological polar surface area (TPSA) is 119 Å². The number of benzene rings is 1. The van der Waals surface area contributed by atoms with Crippen LogP contribution in [0.15, 0.2) is 46.8 Å². The number of esters is 2. The van der Waals surface area contributed by atoms with Crippen LogP contribution in [0.3, 0.4) is 0 Å². The first-order valence-electron chi connectivity index (χ1n) is 12.4. The van der Waals surface area contributed by atoms with E-state index in [1.165, 1.54) is 37.1 Å². The van der Waals surface area contributed by atoms with Crippen molar-refractivity contribution in [3.63, 3.8) is 0 Å². The number of hydrogen-bond donors (Lipinski definition) is 0. The monoisotopic (exact) mass is 529 g/mol. The summed E-state index contributed by atoms with van der Waals surface area (Å²) in [6.07, 6.45) is 3.33. The molecule has 0 spiro atoms. The van der Waals surface area contributed by atoms with Gasteiger partial charge in [0.25, 0.3) is 5.69 Å². The van der Waals surface area contributed by atoms with Crippen molar-refractivity contribution in [2.24, 2.45) is 0 Å². The van der Waals surface area contributed by atoms with E-state index in [9.17, 15) is 24.5 Å². The van der Waals surface area contributed by atoms with E-state index < -0.39 is 22.8 Å². The number of non-ortho nitro benzene ring substituents is 1. The molecule has 0 aromatic heterocycles. The summed E-state index contributed by atoms with van der Waals surface area (Å²) < 4.78 is 10.5. The minimum Gasteiger partial charge on any atom is -0.466 e. The Balaban J connectivity index is 1.82. The second-order valence-electron chi connectivity index (χ2n) is 9.14. The molecule has 0 aliphatic carbocycles. The van der Waals surface area contributed by atoms with Crippen molar-refractivity contribution >= 4 is 35.3 Å². The highest BCUT2D eigenvalue weighted by Crippen LogP contribution is 2.50. The molecule has 0 radical (unpaired) electrons. The summed E-state index contributed by atoms with van der Waals surface area (Å²) in [5, 5.41) is 11.2. The lowest BCUT2D eigenvalue weighted by atomic mass is 9.79. The quantitative estimate of drug-likeness (QED) is 0.296. The van der Waals surface area contributed by atoms with Crippen LogP contribution in [0.25, 0.3) is 0 Å². The lowest BCUT2D eigenvalue weighted by Gasteiger charge is -2.38. The van der Waals surface area contributed by atoms with E-state index in [0.29, 0.717) is 22.7 Å². The summed E-state index contributed by atoms with van der Waals surface area (Å²) in [6.45, 7) is 5.06. The molecule has 1 amide bonds. The van der Waals surface area contributed by atoms with Crippen molar-refractivity contribution in [3.05, 3.63) is 62.5 Å². The number of ether oxygens (including phenoxy) is 2. The Morgan fingerprint density at radius 3 is 2.51 bits per heavy atom. The fourth-order valence-electron chi connectivity index (χ4n) is 5.31. The van der Waals surface area contributed by atoms with E-state index >= 15 is 0 Å². The number of amides is 1. The summed E-state index contributed by atoms with van der Waals surface area (Å²) in [7, 11) is 1.26. The first kappa shape index (κ1) is 26.7. The Bertz CT molecular complexity index is 1170. The Morgan fingerprint density at radius 2 is 1.86 bits per heavy atom. The third-order valence-electron chi connectivity index (χ3n) is 7.00. The van der Waals surface area contributed by atoms with Gasteiger partial charge in [-0.15, -0.1) is 11.8 Å². The van der Waals surface area contributed by atoms with Crippen LogP contribution in [-0.2, 0) is 23.9 Å². The Hall–Kier alpha value is -3.34. The Kier molecular flexibility index (Phi) is 8.21. The van der Waals surface area contributed by atoms with Crippen molar-refractivity contribution in [3.8, 4) is 0 Å². The fourth-order valence-corrected chi connectivity index (χ4v) is 6.65. The van der Waals surface area contributed by atoms with Gasteiger partial charge >= 0.3 is 11.9 Å². The number of allylic oxidation sites excluding steroid dienone is 1. The van der Waals surface area contributed by atoms with Crippen LogP contribution in [0.2, 0.25) is 0 Å². The molecule has 1 aromatic rings. The highest BCUT2D eigenvalue weighted by molar-refractivity contribution is 8.00. The summed E-state index contributed by atoms with van der Waals surface area (Å²) in [5.74, 6) is -1.67. The number of methoxy groups -OCH3 is 1. The highest BCUT2D eigenvalue weighted by Gasteiger charge is 2.46. The number of carbonyl (C=O) groups excluding carboxylic acids is 3. The van der Waals surface area contributed by atoms with Gasteiger partial charge in [0.05, 0.1) is 47.5 Å². The molecule has 2 atom stereocenters. The largest absolute Gasteiger partial charge is 0.466 e. The zero-order valence-corrected chi connectivity index (χ0v) is 22.0. The van der Waals surface area contributed by atoms with Crippen LogP contribution in [0.4, 0.5) is 5.69 Å². The molecule has 3 heterocycles. The number of nitro groups is 1. The fraction of sp³-hybridized carbons (Fsp3) is 0.500. The van der Waals surface area contributed by atoms with Gasteiger partial charge in [-0.05, 0) is 38.7 Å². The molecule has 3 aliphatic heterocycles. The van der Waals surface area contributed by atoms with Gasteiger partial charge in [0, 0.05) is 42.4 Å². The molecular weight excluding hydrogens is 498 g/mol. The van der Waals surface area contributed by atoms with Gasteiger partial charge in [-0.3, -0.25) is 14.9 Å². The van der Waals surface area contributed by atoms with E-state index in [2.05, 4.69) is 0 Å². The Labute approximate surface area is 219 Å². The van der Waals surface area contributed by atoms with Crippen molar-refractivity contribution in [1.82, 2.24) is 9.80 Å². The highest BCUT2D eigenvalue weighted by atomic mass is 32.2. The molecule has 2 unspecified atom stereocenters. The van der Waals surface area contributed by atoms with Gasteiger partial charge in [0.1, 0.15) is 0 Å². The number of hydrogen-bond acceptors (Lipinski definition) is 9. The number of nitrogens with zero attached hydrogens (tertiary/aromatic N) is 3. The van der Waals surface area contributed by atoms with Crippen molar-refractivity contribution in [2.75, 3.05) is 32.6 Å². The first-order valence-corrected chi connectivity index (χ1v) is 13.5. The average Bonchev–Trinajstić information content (AvgIpc) is 3.32. The molecule has 2 fully saturated rings. The normalized spacial score (nSPS) is 21.6. The molecule has 0 saturated carbocycles. The molecule has 198 valence electrons. The third kappa shape index (κ3) is 5.22. The van der Waals surface area contributed by atoms with Crippen LogP contribution in [-0.4, -0.2) is 70.5 Å². The van der Waals surface area contributed by atoms with Gasteiger partial charge in [0.2, 0.25) is 5.91 Å². The Morgan fingerprint density at radius 1 is 1.14 bits per heavy atom. The molecule has 4 rings (SSSR count). The van der Waals surface area contributed by atoms with Crippen LogP contribution < -0.4 is 0 Å². The summed E-state index contributed by atoms with van der Waals surface area (Å²) in [6, 6.07) is 5.91. The number of thioether (sulfide) groups is 1. The zero-order chi connectivity index (χ0) is 26.7. The number of carbonyl (C=O) groups is 3. The number of likely N-dealkylation sites (tertiary alicyclic amines) is 1. The van der Waals surface area contributed by atoms with E-state index in [1.807, 2.05) is 9.80 Å². The maximum absolute atomic E-state index is 13.4. The average molecular weight is 530 g/mol. The molecular formula is C26H31N3O7S. The first-order chi connectivity index (χ1) is 17.8. The maximum atomic E-state index is 13.4. The van der Waals surface area contributed by atoms with Gasteiger partial charge in [-0.1, -0.05) is 12.1 Å². The van der Waals surface area contributed by atoms with Crippen molar-refractivity contribution in [1.29, 1.82) is 0 Å². The van der Waals surface area contributed by atoms with Crippen LogP contribution in [0.1, 0.15) is 51.0 Å². The predicted octanol–water partition coefficient (Wildman–Crippen LogP) is 3.73. The van der Waals surface area contributed by atoms with Gasteiger partial charge < -0.3 is 19.3 Å². The molecule has 11 heteroatoms. The smallest absolute Gasteiger partial charge is 0.336 e. The summed E-state index contributed by atoms with van der Waals surface area (Å²) in [4.78, 5) is 54.4. The number of piperidine rings is 1. The number of nitro benzene ring substituents is 1. The minimum absolute atomic E-state index is 0.0457. The summed E-state index contributed by atoms with van der Waals surface area (Å²) in [5.41, 5.74) is 1.93. The van der Waals surface area contributed by atoms with Crippen molar-refractivity contribution < 1.29 is 28.8 Å². The van der Waals surface area contributed by atoms with Crippen LogP contribution in [0.5, 0.6) is 0 Å². The standard InChI is InChI=1S/C26H31N3O7S/c1-4-36-26(32)24-19-15-37-21(14-20(30)27-11-6-5-7-12-27)28(19)16(2)22(25(31)35-3)23(24)17-9-8-10-18(13-17)29(33)34/h8-10,13,21,23H,4-7,11-12,14-15H2,1-3H3. The minimum atomic E-state index is -0.908. The van der Waals surface area contributed by atoms with E-state index in [1.54, 1.807) is 19.9 Å². The molecule has 10 nitrogen and oxygen atoms in total. The van der Waals surface area contributed by atoms with E-state index in [4.69, 9.17) is 9.47 Å². The van der Waals surface area contributed by atoms with Gasteiger partial charge in [-0.2, -0.15) is 0 Å². The maximum Gasteiger partial charge on any atom is 0.336 e. The van der Waals surface area contributed by atoms with E-state index in [0.717, 1.165) is 32.4 Å². The van der Waals surface area contributed by atoms with Crippen LogP contribution in [0, 0.1) is 10.1 Å². The summed E-state index contributed by atoms with van der Waals surface area (Å²) >= 11 is 1.53. The molecule has 3 aliphatic rings. The third-order valence-corrected chi connectivity index (χ3v) is 8.21. The van der Waals surface area contributed by atoms with E-state index in [-0.39, 0.29) is 41.1 Å². The molecule has 0 N–H and O–H groups in total. The second kappa shape index (κ2) is 11.4. The zero-order valence-electron chi connectivity index (χ0n) is 21.2. The number of fused-ring (bicyclic) bond motifs is 1. The number of rotatable bonds is 7.